The van der Waals surface area contributed by atoms with Crippen molar-refractivity contribution in [3.8, 4) is 0 Å². The van der Waals surface area contributed by atoms with Crippen LogP contribution < -0.4 is 10.8 Å². The first-order valence-corrected chi connectivity index (χ1v) is 10.3. The zero-order valence-corrected chi connectivity index (χ0v) is 18.7. The smallest absolute Gasteiger partial charge is 0.320 e. The first-order chi connectivity index (χ1) is 14.1. The number of hydrogen-bond donors (Lipinski definition) is 3. The highest BCUT2D eigenvalue weighted by Crippen LogP contribution is 2.12. The molecule has 0 heterocycles. The monoisotopic (exact) mass is 413 g/mol. The molecule has 2 aromatic carbocycles. The molecule has 0 atom stereocenters. The molecule has 0 saturated carbocycles. The van der Waals surface area contributed by atoms with Crippen molar-refractivity contribution in [2.45, 2.75) is 54.0 Å². The first kappa shape index (κ1) is 25.2. The molecule has 3 amide bonds. The van der Waals surface area contributed by atoms with Crippen LogP contribution in [-0.2, 0) is 6.54 Å². The van der Waals surface area contributed by atoms with E-state index in [1.807, 2.05) is 30.3 Å². The largest absolute Gasteiger partial charge is 0.322 e. The van der Waals surface area contributed by atoms with Crippen molar-refractivity contribution < 1.29 is 14.8 Å². The standard InChI is InChI=1S/C19H23N3O3.C5H12/c1-2-3-13-22(19(24)20-17-7-5-4-6-8-17)14-15-9-11-16(12-10-15)18(23)21-25;1-5(2,3)4/h4-12,25H,2-3,13-14H2,1H3,(H,20,24)(H,21,23);1-4H3. The maximum Gasteiger partial charge on any atom is 0.322 e. The number of para-hydroxylation sites is 1. The van der Waals surface area contributed by atoms with E-state index in [0.29, 0.717) is 24.1 Å². The predicted molar refractivity (Wildman–Crippen MR) is 122 cm³/mol. The van der Waals surface area contributed by atoms with Crippen molar-refractivity contribution in [3.63, 3.8) is 0 Å². The molecule has 3 N–H and O–H groups in total. The fourth-order valence-corrected chi connectivity index (χ4v) is 2.37. The first-order valence-electron chi connectivity index (χ1n) is 10.3. The van der Waals surface area contributed by atoms with Crippen LogP contribution in [0.4, 0.5) is 10.5 Å². The molecule has 0 aliphatic carbocycles. The van der Waals surface area contributed by atoms with Crippen molar-refractivity contribution in [2.75, 3.05) is 11.9 Å². The highest BCUT2D eigenvalue weighted by molar-refractivity contribution is 5.93. The number of carbonyl (C=O) groups is 2. The van der Waals surface area contributed by atoms with Gasteiger partial charge in [-0.1, -0.05) is 71.4 Å². The average Bonchev–Trinajstić information content (AvgIpc) is 2.70. The lowest BCUT2D eigenvalue weighted by Crippen LogP contribution is -2.35. The number of amides is 3. The zero-order valence-electron chi connectivity index (χ0n) is 18.7. The lowest BCUT2D eigenvalue weighted by atomic mass is 10.0. The van der Waals surface area contributed by atoms with Crippen molar-refractivity contribution in [1.82, 2.24) is 10.4 Å². The average molecular weight is 414 g/mol. The van der Waals surface area contributed by atoms with E-state index < -0.39 is 5.91 Å². The van der Waals surface area contributed by atoms with Crippen molar-refractivity contribution in [2.24, 2.45) is 5.41 Å². The molecule has 0 aliphatic rings. The molecule has 0 radical (unpaired) electrons. The lowest BCUT2D eigenvalue weighted by Gasteiger charge is -2.23. The molecule has 0 fully saturated rings. The van der Waals surface area contributed by atoms with Crippen molar-refractivity contribution in [3.05, 3.63) is 65.7 Å². The van der Waals surface area contributed by atoms with E-state index in [0.717, 1.165) is 24.1 Å². The van der Waals surface area contributed by atoms with Gasteiger partial charge in [-0.2, -0.15) is 0 Å². The summed E-state index contributed by atoms with van der Waals surface area (Å²) >= 11 is 0. The quantitative estimate of drug-likeness (QED) is 0.403. The summed E-state index contributed by atoms with van der Waals surface area (Å²) in [6.07, 6.45) is 1.90. The Balaban J connectivity index is 0.000000804. The van der Waals surface area contributed by atoms with Gasteiger partial charge in [-0.15, -0.1) is 0 Å². The summed E-state index contributed by atoms with van der Waals surface area (Å²) in [6.45, 7) is 11.9. The SMILES string of the molecule is CC(C)(C)C.CCCCN(Cc1ccc(C(=O)NO)cc1)C(=O)Nc1ccccc1. The highest BCUT2D eigenvalue weighted by Gasteiger charge is 2.14. The number of hydrogen-bond acceptors (Lipinski definition) is 3. The van der Waals surface area contributed by atoms with E-state index in [4.69, 9.17) is 5.21 Å². The van der Waals surface area contributed by atoms with Gasteiger partial charge >= 0.3 is 6.03 Å². The Labute approximate surface area is 180 Å². The van der Waals surface area contributed by atoms with Crippen molar-refractivity contribution >= 4 is 17.6 Å². The van der Waals surface area contributed by atoms with Crippen LogP contribution in [-0.4, -0.2) is 28.6 Å². The van der Waals surface area contributed by atoms with Gasteiger partial charge < -0.3 is 10.2 Å². The topological polar surface area (TPSA) is 81.7 Å². The van der Waals surface area contributed by atoms with Crippen LogP contribution >= 0.6 is 0 Å². The van der Waals surface area contributed by atoms with Crippen LogP contribution in [0.5, 0.6) is 0 Å². The van der Waals surface area contributed by atoms with Gasteiger partial charge in [0.1, 0.15) is 0 Å². The van der Waals surface area contributed by atoms with Gasteiger partial charge in [0.15, 0.2) is 0 Å². The van der Waals surface area contributed by atoms with E-state index >= 15 is 0 Å². The summed E-state index contributed by atoms with van der Waals surface area (Å²) in [5, 5.41) is 11.6. The Morgan fingerprint density at radius 2 is 1.53 bits per heavy atom. The van der Waals surface area contributed by atoms with E-state index in [1.165, 1.54) is 0 Å². The summed E-state index contributed by atoms with van der Waals surface area (Å²) < 4.78 is 0. The number of anilines is 1. The second kappa shape index (κ2) is 12.6. The Kier molecular flexibility index (Phi) is 10.6. The summed E-state index contributed by atoms with van der Waals surface area (Å²) in [5.41, 5.74) is 4.13. The molecule has 2 aromatic rings. The Hall–Kier alpha value is -2.86. The van der Waals surface area contributed by atoms with Gasteiger partial charge in [0.2, 0.25) is 0 Å². The second-order valence-electron chi connectivity index (χ2n) is 8.71. The molecule has 0 aliphatic heterocycles. The second-order valence-corrected chi connectivity index (χ2v) is 8.71. The molecule has 30 heavy (non-hydrogen) atoms. The number of benzene rings is 2. The number of rotatable bonds is 7. The van der Waals surface area contributed by atoms with Crippen LogP contribution in [0.15, 0.2) is 54.6 Å². The van der Waals surface area contributed by atoms with Crippen LogP contribution in [0.1, 0.15) is 63.4 Å². The molecule has 0 bridgehead atoms. The maximum atomic E-state index is 12.6. The number of unbranched alkanes of at least 4 members (excludes halogenated alkanes) is 1. The molecule has 2 rings (SSSR count). The molecule has 6 heteroatoms. The summed E-state index contributed by atoms with van der Waals surface area (Å²) in [6, 6.07) is 16.0. The third-order valence-electron chi connectivity index (χ3n) is 3.78. The molecule has 164 valence electrons. The Bertz CT molecular complexity index is 763. The molecule has 0 saturated heterocycles. The summed E-state index contributed by atoms with van der Waals surface area (Å²) in [4.78, 5) is 25.7. The minimum atomic E-state index is -0.559. The molecule has 0 spiro atoms. The van der Waals surface area contributed by atoms with Gasteiger partial charge in [0.25, 0.3) is 5.91 Å². The van der Waals surface area contributed by atoms with Gasteiger partial charge in [-0.3, -0.25) is 10.0 Å². The summed E-state index contributed by atoms with van der Waals surface area (Å²) in [5.74, 6) is -0.559. The van der Waals surface area contributed by atoms with Gasteiger partial charge in [-0.25, -0.2) is 10.3 Å². The number of carbonyl (C=O) groups excluding carboxylic acids is 2. The van der Waals surface area contributed by atoms with Crippen LogP contribution in [0.2, 0.25) is 0 Å². The molecule has 0 aromatic heterocycles. The van der Waals surface area contributed by atoms with E-state index in [2.05, 4.69) is 39.9 Å². The fraction of sp³-hybridized carbons (Fsp3) is 0.417. The van der Waals surface area contributed by atoms with Crippen LogP contribution in [0, 0.1) is 5.41 Å². The van der Waals surface area contributed by atoms with Gasteiger partial charge in [0, 0.05) is 24.3 Å². The molecule has 0 unspecified atom stereocenters. The van der Waals surface area contributed by atoms with Crippen LogP contribution in [0.25, 0.3) is 0 Å². The number of nitrogens with zero attached hydrogens (tertiary/aromatic N) is 1. The van der Waals surface area contributed by atoms with E-state index in [9.17, 15) is 9.59 Å². The molecular formula is C24H35N3O3. The Morgan fingerprint density at radius 1 is 0.967 bits per heavy atom. The minimum absolute atomic E-state index is 0.156. The normalized spacial score (nSPS) is 10.5. The van der Waals surface area contributed by atoms with E-state index in [-0.39, 0.29) is 6.03 Å². The maximum absolute atomic E-state index is 12.6. The van der Waals surface area contributed by atoms with Crippen LogP contribution in [0.3, 0.4) is 0 Å². The zero-order chi connectivity index (χ0) is 22.6. The minimum Gasteiger partial charge on any atom is -0.320 e. The Morgan fingerprint density at radius 3 is 2.03 bits per heavy atom. The van der Waals surface area contributed by atoms with Gasteiger partial charge in [0.05, 0.1) is 0 Å². The lowest BCUT2D eigenvalue weighted by molar-refractivity contribution is 0.0706. The third-order valence-corrected chi connectivity index (χ3v) is 3.78. The highest BCUT2D eigenvalue weighted by atomic mass is 16.5. The molecule has 6 nitrogen and oxygen atoms in total. The summed E-state index contributed by atoms with van der Waals surface area (Å²) in [7, 11) is 0. The van der Waals surface area contributed by atoms with E-state index in [1.54, 1.807) is 34.6 Å². The predicted octanol–water partition coefficient (Wildman–Crippen LogP) is 5.69. The number of nitrogens with one attached hydrogen (secondary N) is 2. The third kappa shape index (κ3) is 10.6. The number of hydroxylamine groups is 1. The van der Waals surface area contributed by atoms with Crippen molar-refractivity contribution in [1.29, 1.82) is 0 Å². The fourth-order valence-electron chi connectivity index (χ4n) is 2.37. The molecular weight excluding hydrogens is 378 g/mol. The number of urea groups is 1. The van der Waals surface area contributed by atoms with Gasteiger partial charge in [-0.05, 0) is 41.7 Å².